The summed E-state index contributed by atoms with van der Waals surface area (Å²) >= 11 is 1.69. The molecule has 1 aromatic rings. The number of rotatable bonds is 8. The molecule has 0 aromatic heterocycles. The lowest BCUT2D eigenvalue weighted by molar-refractivity contribution is 0.102. The van der Waals surface area contributed by atoms with E-state index >= 15 is 0 Å². The number of hydrogen-bond donors (Lipinski definition) is 1. The van der Waals surface area contributed by atoms with Crippen molar-refractivity contribution in [2.24, 2.45) is 5.92 Å². The van der Waals surface area contributed by atoms with Gasteiger partial charge in [0.25, 0.3) is 0 Å². The molecule has 0 bridgehead atoms. The standard InChI is InChI=1S/C17H26N2OS/c1-5-14(6-2)10-19-17(18-19)21-11-16(20)15-8-7-12(3)13(4)9-15/h7-9,14,17-18H,5-6,10-11H2,1-4H3. The molecule has 1 aliphatic rings. The average Bonchev–Trinajstić information content (AvgIpc) is 3.23. The van der Waals surface area contributed by atoms with E-state index in [1.165, 1.54) is 24.0 Å². The molecule has 2 unspecified atom stereocenters. The minimum Gasteiger partial charge on any atom is -0.293 e. The minimum atomic E-state index is 0.222. The van der Waals surface area contributed by atoms with Crippen LogP contribution in [-0.4, -0.2) is 28.6 Å². The number of benzene rings is 1. The molecule has 2 atom stereocenters. The first-order chi connectivity index (χ1) is 10.0. The van der Waals surface area contributed by atoms with Crippen molar-refractivity contribution in [3.63, 3.8) is 0 Å². The lowest BCUT2D eigenvalue weighted by atomic mass is 10.0. The molecular formula is C17H26N2OS. The third-order valence-corrected chi connectivity index (χ3v) is 5.41. The Morgan fingerprint density at radius 2 is 2.00 bits per heavy atom. The molecule has 1 fully saturated rings. The second-order valence-electron chi connectivity index (χ2n) is 5.85. The van der Waals surface area contributed by atoms with Crippen molar-refractivity contribution >= 4 is 17.5 Å². The Morgan fingerprint density at radius 3 is 2.62 bits per heavy atom. The maximum absolute atomic E-state index is 12.2. The van der Waals surface area contributed by atoms with Crippen LogP contribution >= 0.6 is 11.8 Å². The van der Waals surface area contributed by atoms with Gasteiger partial charge in [0.2, 0.25) is 0 Å². The number of hydrazine groups is 1. The van der Waals surface area contributed by atoms with Crippen molar-refractivity contribution < 1.29 is 4.79 Å². The van der Waals surface area contributed by atoms with Crippen LogP contribution in [0.3, 0.4) is 0 Å². The van der Waals surface area contributed by atoms with Crippen LogP contribution in [0, 0.1) is 19.8 Å². The van der Waals surface area contributed by atoms with E-state index in [1.807, 2.05) is 18.2 Å². The van der Waals surface area contributed by atoms with E-state index in [9.17, 15) is 4.79 Å². The van der Waals surface area contributed by atoms with Gasteiger partial charge < -0.3 is 0 Å². The number of nitrogens with zero attached hydrogens (tertiary/aromatic N) is 1. The van der Waals surface area contributed by atoms with Crippen LogP contribution in [0.2, 0.25) is 0 Å². The van der Waals surface area contributed by atoms with E-state index < -0.39 is 0 Å². The molecule has 1 aromatic carbocycles. The molecule has 21 heavy (non-hydrogen) atoms. The zero-order valence-electron chi connectivity index (χ0n) is 13.5. The maximum atomic E-state index is 12.2. The zero-order valence-corrected chi connectivity index (χ0v) is 14.3. The number of ketones is 1. The van der Waals surface area contributed by atoms with Crippen molar-refractivity contribution in [3.8, 4) is 0 Å². The van der Waals surface area contributed by atoms with Gasteiger partial charge in [-0.05, 0) is 37.0 Å². The molecule has 1 aliphatic heterocycles. The first-order valence-corrected chi connectivity index (χ1v) is 8.84. The number of hydrogen-bond acceptors (Lipinski definition) is 4. The topological polar surface area (TPSA) is 42.0 Å². The molecular weight excluding hydrogens is 280 g/mol. The van der Waals surface area contributed by atoms with Crippen molar-refractivity contribution in [1.29, 1.82) is 0 Å². The third kappa shape index (κ3) is 4.56. The molecule has 3 nitrogen and oxygen atoms in total. The van der Waals surface area contributed by atoms with E-state index in [2.05, 4.69) is 38.1 Å². The lowest BCUT2D eigenvalue weighted by Gasteiger charge is -2.11. The summed E-state index contributed by atoms with van der Waals surface area (Å²) < 4.78 is 0. The number of nitrogens with one attached hydrogen (secondary N) is 1. The number of thioether (sulfide) groups is 1. The monoisotopic (exact) mass is 306 g/mol. The summed E-state index contributed by atoms with van der Waals surface area (Å²) in [7, 11) is 0. The lowest BCUT2D eigenvalue weighted by Crippen LogP contribution is -2.15. The van der Waals surface area contributed by atoms with Gasteiger partial charge in [-0.2, -0.15) is 0 Å². The Hall–Kier alpha value is -0.840. The van der Waals surface area contributed by atoms with Crippen LogP contribution in [0.15, 0.2) is 18.2 Å². The predicted molar refractivity (Wildman–Crippen MR) is 90.4 cm³/mol. The molecule has 0 amide bonds. The minimum absolute atomic E-state index is 0.222. The second-order valence-corrected chi connectivity index (χ2v) is 6.92. The highest BCUT2D eigenvalue weighted by Crippen LogP contribution is 2.26. The highest BCUT2D eigenvalue weighted by Gasteiger charge is 2.35. The average molecular weight is 306 g/mol. The van der Waals surface area contributed by atoms with Gasteiger partial charge in [-0.3, -0.25) is 4.79 Å². The van der Waals surface area contributed by atoms with Crippen molar-refractivity contribution in [1.82, 2.24) is 10.4 Å². The van der Waals surface area contributed by atoms with Crippen LogP contribution in [-0.2, 0) is 0 Å². The van der Waals surface area contributed by atoms with Gasteiger partial charge >= 0.3 is 0 Å². The van der Waals surface area contributed by atoms with E-state index in [1.54, 1.807) is 11.8 Å². The van der Waals surface area contributed by atoms with Gasteiger partial charge in [-0.1, -0.05) is 38.8 Å². The largest absolute Gasteiger partial charge is 0.293 e. The van der Waals surface area contributed by atoms with E-state index in [0.717, 1.165) is 18.0 Å². The summed E-state index contributed by atoms with van der Waals surface area (Å²) in [4.78, 5) is 12.2. The van der Waals surface area contributed by atoms with Gasteiger partial charge in [0, 0.05) is 12.1 Å². The Balaban J connectivity index is 1.76. The molecule has 1 N–H and O–H groups in total. The van der Waals surface area contributed by atoms with Crippen molar-refractivity contribution in [3.05, 3.63) is 34.9 Å². The zero-order chi connectivity index (χ0) is 15.4. The predicted octanol–water partition coefficient (Wildman–Crippen LogP) is 3.76. The van der Waals surface area contributed by atoms with Crippen molar-refractivity contribution in [2.75, 3.05) is 12.3 Å². The van der Waals surface area contributed by atoms with Crippen LogP contribution in [0.25, 0.3) is 0 Å². The van der Waals surface area contributed by atoms with Crippen LogP contribution in [0.5, 0.6) is 0 Å². The summed E-state index contributed by atoms with van der Waals surface area (Å²) in [6.07, 6.45) is 2.43. The number of aryl methyl sites for hydroxylation is 2. The Kier molecular flexibility index (Phi) is 5.85. The van der Waals surface area contributed by atoms with Gasteiger partial charge in [-0.15, -0.1) is 11.8 Å². The molecule has 116 valence electrons. The Morgan fingerprint density at radius 1 is 1.29 bits per heavy atom. The quantitative estimate of drug-likeness (QED) is 0.586. The number of carbonyl (C=O) groups excluding carboxylic acids is 1. The molecule has 0 spiro atoms. The highest BCUT2D eigenvalue weighted by atomic mass is 32.2. The second kappa shape index (κ2) is 7.43. The van der Waals surface area contributed by atoms with Crippen molar-refractivity contribution in [2.45, 2.75) is 46.0 Å². The first-order valence-electron chi connectivity index (χ1n) is 7.80. The summed E-state index contributed by atoms with van der Waals surface area (Å²) in [5.74, 6) is 1.51. The Labute approximate surface area is 132 Å². The van der Waals surface area contributed by atoms with Gasteiger partial charge in [0.05, 0.1) is 5.75 Å². The molecule has 0 saturated carbocycles. The summed E-state index contributed by atoms with van der Waals surface area (Å²) in [6, 6.07) is 5.97. The van der Waals surface area contributed by atoms with Gasteiger partial charge in [-0.25, -0.2) is 10.4 Å². The highest BCUT2D eigenvalue weighted by molar-refractivity contribution is 8.00. The fraction of sp³-hybridized carbons (Fsp3) is 0.588. The SMILES string of the molecule is CCC(CC)CN1NC1SCC(=O)c1ccc(C)c(C)c1. The maximum Gasteiger partial charge on any atom is 0.172 e. The summed E-state index contributed by atoms with van der Waals surface area (Å²) in [6.45, 7) is 9.69. The molecule has 0 radical (unpaired) electrons. The Bertz CT molecular complexity index is 500. The number of Topliss-reactive ketones (excluding diaryl/α,β-unsaturated/α-hetero) is 1. The van der Waals surface area contributed by atoms with Crippen LogP contribution < -0.4 is 5.43 Å². The molecule has 0 aliphatic carbocycles. The fourth-order valence-corrected chi connectivity index (χ4v) is 3.31. The van der Waals surface area contributed by atoms with Crippen LogP contribution in [0.4, 0.5) is 0 Å². The van der Waals surface area contributed by atoms with Gasteiger partial charge in [0.15, 0.2) is 5.78 Å². The van der Waals surface area contributed by atoms with Crippen LogP contribution in [0.1, 0.15) is 48.2 Å². The fourth-order valence-electron chi connectivity index (χ4n) is 2.36. The third-order valence-electron chi connectivity index (χ3n) is 4.30. The normalized spacial score (nSPS) is 20.8. The summed E-state index contributed by atoms with van der Waals surface area (Å²) in [5, 5.41) is 2.25. The molecule has 4 heteroatoms. The molecule has 2 rings (SSSR count). The van der Waals surface area contributed by atoms with E-state index in [-0.39, 0.29) is 5.78 Å². The smallest absolute Gasteiger partial charge is 0.172 e. The van der Waals surface area contributed by atoms with E-state index in [0.29, 0.717) is 11.3 Å². The first kappa shape index (κ1) is 16.5. The van der Waals surface area contributed by atoms with E-state index in [4.69, 9.17) is 0 Å². The molecule has 1 saturated heterocycles. The van der Waals surface area contributed by atoms with Gasteiger partial charge in [0.1, 0.15) is 5.50 Å². The summed E-state index contributed by atoms with van der Waals surface area (Å²) in [5.41, 5.74) is 6.91. The molecule has 1 heterocycles. The number of carbonyl (C=O) groups is 1.